The Morgan fingerprint density at radius 1 is 1.12 bits per heavy atom. The zero-order chi connectivity index (χ0) is 18.5. The standard InChI is InChI=1S/C17H20N4O4S/c1-12(22)20-7-9-21(10-8-20)15(23)11-26-17-19-18-16(25-17)13-3-5-14(24-2)6-4-13/h3-6H,7-11H2,1-2H3. The molecule has 1 aliphatic rings. The number of benzene rings is 1. The fourth-order valence-corrected chi connectivity index (χ4v) is 3.27. The molecule has 2 amide bonds. The van der Waals surface area contributed by atoms with E-state index in [2.05, 4.69) is 10.2 Å². The van der Waals surface area contributed by atoms with Gasteiger partial charge in [-0.25, -0.2) is 0 Å². The van der Waals surface area contributed by atoms with Gasteiger partial charge in [0.15, 0.2) is 0 Å². The lowest BCUT2D eigenvalue weighted by Crippen LogP contribution is -2.50. The summed E-state index contributed by atoms with van der Waals surface area (Å²) in [6.45, 7) is 3.81. The Balaban J connectivity index is 1.51. The second-order valence-electron chi connectivity index (χ2n) is 5.78. The van der Waals surface area contributed by atoms with Crippen molar-refractivity contribution < 1.29 is 18.7 Å². The molecule has 1 fully saturated rings. The zero-order valence-electron chi connectivity index (χ0n) is 14.7. The molecule has 0 N–H and O–H groups in total. The lowest BCUT2D eigenvalue weighted by atomic mass is 10.2. The fraction of sp³-hybridized carbons (Fsp3) is 0.412. The number of hydrogen-bond acceptors (Lipinski definition) is 7. The Kier molecular flexibility index (Phi) is 5.77. The van der Waals surface area contributed by atoms with Crippen LogP contribution >= 0.6 is 11.8 Å². The van der Waals surface area contributed by atoms with Crippen molar-refractivity contribution in [2.24, 2.45) is 0 Å². The SMILES string of the molecule is COc1ccc(-c2nnc(SCC(=O)N3CCN(C(C)=O)CC3)o2)cc1. The van der Waals surface area contributed by atoms with Gasteiger partial charge >= 0.3 is 0 Å². The summed E-state index contributed by atoms with van der Waals surface area (Å²) in [5, 5.41) is 8.35. The minimum atomic E-state index is 0.00222. The lowest BCUT2D eigenvalue weighted by Gasteiger charge is -2.34. The number of hydrogen-bond donors (Lipinski definition) is 0. The number of methoxy groups -OCH3 is 1. The van der Waals surface area contributed by atoms with E-state index >= 15 is 0 Å². The van der Waals surface area contributed by atoms with Crippen LogP contribution in [0.15, 0.2) is 33.9 Å². The number of nitrogens with zero attached hydrogens (tertiary/aromatic N) is 4. The van der Waals surface area contributed by atoms with Gasteiger partial charge in [-0.15, -0.1) is 10.2 Å². The third-order valence-corrected chi connectivity index (χ3v) is 4.94. The van der Waals surface area contributed by atoms with Gasteiger partial charge in [-0.2, -0.15) is 0 Å². The quantitative estimate of drug-likeness (QED) is 0.731. The van der Waals surface area contributed by atoms with Crippen molar-refractivity contribution in [2.45, 2.75) is 12.1 Å². The van der Waals surface area contributed by atoms with Crippen molar-refractivity contribution in [2.75, 3.05) is 39.0 Å². The first-order valence-electron chi connectivity index (χ1n) is 8.21. The second kappa shape index (κ2) is 8.22. The average molecular weight is 376 g/mol. The van der Waals surface area contributed by atoms with Crippen LogP contribution in [-0.4, -0.2) is 70.9 Å². The summed E-state index contributed by atoms with van der Waals surface area (Å²) in [5.41, 5.74) is 0.789. The van der Waals surface area contributed by atoms with Gasteiger partial charge in [-0.05, 0) is 24.3 Å². The highest BCUT2D eigenvalue weighted by atomic mass is 32.2. The number of ether oxygens (including phenoxy) is 1. The van der Waals surface area contributed by atoms with E-state index < -0.39 is 0 Å². The number of aromatic nitrogens is 2. The Bertz CT molecular complexity index is 769. The molecule has 0 spiro atoms. The van der Waals surface area contributed by atoms with Crippen molar-refractivity contribution in [3.8, 4) is 17.2 Å². The van der Waals surface area contributed by atoms with E-state index in [-0.39, 0.29) is 17.6 Å². The molecular formula is C17H20N4O4S. The maximum absolute atomic E-state index is 12.3. The van der Waals surface area contributed by atoms with Crippen molar-refractivity contribution in [1.29, 1.82) is 0 Å². The van der Waals surface area contributed by atoms with E-state index in [1.54, 1.807) is 23.8 Å². The Labute approximate surface area is 155 Å². The first-order valence-corrected chi connectivity index (χ1v) is 9.19. The molecule has 8 nitrogen and oxygen atoms in total. The molecule has 1 aromatic carbocycles. The topological polar surface area (TPSA) is 88.8 Å². The van der Waals surface area contributed by atoms with Gasteiger partial charge in [0.1, 0.15) is 5.75 Å². The predicted molar refractivity (Wildman–Crippen MR) is 95.8 cm³/mol. The highest BCUT2D eigenvalue weighted by molar-refractivity contribution is 7.99. The molecule has 2 aromatic rings. The summed E-state index contributed by atoms with van der Waals surface area (Å²) in [7, 11) is 1.60. The van der Waals surface area contributed by atoms with Gasteiger partial charge in [0, 0.05) is 38.7 Å². The molecule has 0 bridgehead atoms. The summed E-state index contributed by atoms with van der Waals surface area (Å²) in [6.07, 6.45) is 0. The van der Waals surface area contributed by atoms with Crippen LogP contribution in [0.3, 0.4) is 0 Å². The van der Waals surface area contributed by atoms with Crippen LogP contribution in [0.2, 0.25) is 0 Å². The molecule has 3 rings (SSSR count). The van der Waals surface area contributed by atoms with Crippen molar-refractivity contribution >= 4 is 23.6 Å². The number of thioether (sulfide) groups is 1. The zero-order valence-corrected chi connectivity index (χ0v) is 15.5. The lowest BCUT2D eigenvalue weighted by molar-refractivity contribution is -0.136. The minimum absolute atomic E-state index is 0.00222. The maximum Gasteiger partial charge on any atom is 0.277 e. The van der Waals surface area contributed by atoms with Gasteiger partial charge in [0.2, 0.25) is 17.7 Å². The minimum Gasteiger partial charge on any atom is -0.497 e. The third kappa shape index (κ3) is 4.34. The van der Waals surface area contributed by atoms with E-state index in [4.69, 9.17) is 9.15 Å². The molecule has 0 aliphatic carbocycles. The molecule has 2 heterocycles. The third-order valence-electron chi connectivity index (χ3n) is 4.14. The van der Waals surface area contributed by atoms with Crippen LogP contribution < -0.4 is 4.74 Å². The van der Waals surface area contributed by atoms with E-state index in [0.29, 0.717) is 37.3 Å². The highest BCUT2D eigenvalue weighted by Crippen LogP contribution is 2.25. The molecule has 1 aromatic heterocycles. The van der Waals surface area contributed by atoms with Crippen LogP contribution in [0.4, 0.5) is 0 Å². The normalized spacial score (nSPS) is 14.4. The van der Waals surface area contributed by atoms with E-state index in [0.717, 1.165) is 11.3 Å². The average Bonchev–Trinajstić information content (AvgIpc) is 3.15. The summed E-state index contributed by atoms with van der Waals surface area (Å²) in [4.78, 5) is 27.1. The molecule has 9 heteroatoms. The molecule has 0 atom stereocenters. The van der Waals surface area contributed by atoms with Gasteiger partial charge < -0.3 is 19.0 Å². The van der Waals surface area contributed by atoms with Gasteiger partial charge in [-0.3, -0.25) is 9.59 Å². The molecule has 0 saturated carbocycles. The Hall–Kier alpha value is -2.55. The largest absolute Gasteiger partial charge is 0.497 e. The second-order valence-corrected chi connectivity index (χ2v) is 6.70. The number of carbonyl (C=O) groups is 2. The highest BCUT2D eigenvalue weighted by Gasteiger charge is 2.22. The van der Waals surface area contributed by atoms with E-state index in [1.165, 1.54) is 11.8 Å². The van der Waals surface area contributed by atoms with Crippen molar-refractivity contribution in [3.63, 3.8) is 0 Å². The van der Waals surface area contributed by atoms with Crippen LogP contribution in [0.5, 0.6) is 5.75 Å². The summed E-state index contributed by atoms with van der Waals surface area (Å²) < 4.78 is 10.7. The fourth-order valence-electron chi connectivity index (χ4n) is 2.60. The summed E-state index contributed by atoms with van der Waals surface area (Å²) >= 11 is 1.22. The number of rotatable bonds is 5. The smallest absolute Gasteiger partial charge is 0.277 e. The Morgan fingerprint density at radius 3 is 2.38 bits per heavy atom. The van der Waals surface area contributed by atoms with Crippen LogP contribution in [-0.2, 0) is 9.59 Å². The van der Waals surface area contributed by atoms with Crippen molar-refractivity contribution in [1.82, 2.24) is 20.0 Å². The molecule has 1 aliphatic heterocycles. The summed E-state index contributed by atoms with van der Waals surface area (Å²) in [5.74, 6) is 1.42. The maximum atomic E-state index is 12.3. The van der Waals surface area contributed by atoms with Gasteiger partial charge in [-0.1, -0.05) is 11.8 Å². The monoisotopic (exact) mass is 376 g/mol. The first-order chi connectivity index (χ1) is 12.6. The molecule has 0 radical (unpaired) electrons. The van der Waals surface area contributed by atoms with E-state index in [9.17, 15) is 9.59 Å². The predicted octanol–water partition coefficient (Wildman–Crippen LogP) is 1.53. The van der Waals surface area contributed by atoms with Crippen LogP contribution in [0.1, 0.15) is 6.92 Å². The Morgan fingerprint density at radius 2 is 1.77 bits per heavy atom. The molecule has 1 saturated heterocycles. The molecular weight excluding hydrogens is 356 g/mol. The number of piperazine rings is 1. The molecule has 26 heavy (non-hydrogen) atoms. The van der Waals surface area contributed by atoms with Gasteiger partial charge in [0.05, 0.1) is 12.9 Å². The molecule has 0 unspecified atom stereocenters. The number of amides is 2. The number of carbonyl (C=O) groups excluding carboxylic acids is 2. The van der Waals surface area contributed by atoms with Crippen molar-refractivity contribution in [3.05, 3.63) is 24.3 Å². The van der Waals surface area contributed by atoms with Gasteiger partial charge in [0.25, 0.3) is 5.22 Å². The molecule has 138 valence electrons. The summed E-state index contributed by atoms with van der Waals surface area (Å²) in [6, 6.07) is 7.30. The van der Waals surface area contributed by atoms with Crippen LogP contribution in [0.25, 0.3) is 11.5 Å². The first kappa shape index (κ1) is 18.2. The van der Waals surface area contributed by atoms with Crippen LogP contribution in [0, 0.1) is 0 Å². The van der Waals surface area contributed by atoms with E-state index in [1.807, 2.05) is 24.3 Å².